The molecule has 2 aromatic carbocycles. The maximum atomic E-state index is 12.3. The molecule has 1 N–H and O–H groups in total. The van der Waals surface area contributed by atoms with Crippen molar-refractivity contribution in [1.29, 1.82) is 5.26 Å². The van der Waals surface area contributed by atoms with Crippen LogP contribution in [0, 0.1) is 17.2 Å². The number of carbonyl (C=O) groups excluding carboxylic acids is 2. The van der Waals surface area contributed by atoms with Crippen molar-refractivity contribution in [3.63, 3.8) is 0 Å². The Balaban J connectivity index is 1.77. The Labute approximate surface area is 167 Å². The minimum atomic E-state index is -0.548. The number of methoxy groups -OCH3 is 1. The Hall–Kier alpha value is -3.30. The maximum absolute atomic E-state index is 12.3. The van der Waals surface area contributed by atoms with Crippen LogP contribution in [0.2, 0.25) is 5.02 Å². The third kappa shape index (κ3) is 4.90. The minimum absolute atomic E-state index is 0.0361. The summed E-state index contributed by atoms with van der Waals surface area (Å²) in [5.74, 6) is -0.209. The van der Waals surface area contributed by atoms with Crippen molar-refractivity contribution in [2.75, 3.05) is 12.4 Å². The molecule has 2 aromatic rings. The van der Waals surface area contributed by atoms with E-state index in [2.05, 4.69) is 5.32 Å². The van der Waals surface area contributed by atoms with E-state index in [0.717, 1.165) is 12.8 Å². The number of esters is 1. The highest BCUT2D eigenvalue weighted by molar-refractivity contribution is 6.30. The van der Waals surface area contributed by atoms with Crippen molar-refractivity contribution in [3.05, 3.63) is 58.6 Å². The van der Waals surface area contributed by atoms with Crippen LogP contribution in [0.5, 0.6) is 11.5 Å². The van der Waals surface area contributed by atoms with Crippen LogP contribution in [0.1, 0.15) is 18.4 Å². The number of halogens is 1. The first-order valence-electron chi connectivity index (χ1n) is 8.58. The Morgan fingerprint density at radius 1 is 1.18 bits per heavy atom. The molecule has 0 saturated heterocycles. The second-order valence-corrected chi connectivity index (χ2v) is 6.67. The van der Waals surface area contributed by atoms with Gasteiger partial charge < -0.3 is 14.8 Å². The summed E-state index contributed by atoms with van der Waals surface area (Å²) < 4.78 is 10.6. The summed E-state index contributed by atoms with van der Waals surface area (Å²) in [6.45, 7) is 0. The van der Waals surface area contributed by atoms with Gasteiger partial charge in [-0.3, -0.25) is 9.59 Å². The summed E-state index contributed by atoms with van der Waals surface area (Å²) in [7, 11) is 1.45. The SMILES string of the molecule is COc1cc(/C=C(\C#N)C(=O)Nc2ccc(Cl)cc2)ccc1OC(=O)C1CC1. The standard InChI is InChI=1S/C21H17ClN2O4/c1-27-19-11-13(2-9-18(19)28-21(26)14-3-4-14)10-15(12-23)20(25)24-17-7-5-16(22)6-8-17/h2,5-11,14H,3-4H2,1H3,(H,24,25)/b15-10+. The van der Waals surface area contributed by atoms with Crippen molar-refractivity contribution in [2.45, 2.75) is 12.8 Å². The zero-order chi connectivity index (χ0) is 20.1. The fourth-order valence-corrected chi connectivity index (χ4v) is 2.54. The van der Waals surface area contributed by atoms with Crippen molar-refractivity contribution in [1.82, 2.24) is 0 Å². The predicted octanol–water partition coefficient (Wildman–Crippen LogP) is 4.21. The highest BCUT2D eigenvalue weighted by Gasteiger charge is 2.32. The molecule has 0 aromatic heterocycles. The number of ether oxygens (including phenoxy) is 2. The van der Waals surface area contributed by atoms with E-state index < -0.39 is 5.91 Å². The van der Waals surface area contributed by atoms with E-state index >= 15 is 0 Å². The normalized spacial score (nSPS) is 13.4. The largest absolute Gasteiger partial charge is 0.493 e. The molecule has 0 atom stereocenters. The van der Waals surface area contributed by atoms with E-state index in [1.807, 2.05) is 6.07 Å². The molecule has 28 heavy (non-hydrogen) atoms. The smallest absolute Gasteiger partial charge is 0.314 e. The van der Waals surface area contributed by atoms with E-state index in [1.165, 1.54) is 13.2 Å². The lowest BCUT2D eigenvalue weighted by atomic mass is 10.1. The number of rotatable bonds is 6. The maximum Gasteiger partial charge on any atom is 0.314 e. The zero-order valence-corrected chi connectivity index (χ0v) is 15.8. The van der Waals surface area contributed by atoms with Gasteiger partial charge in [0.15, 0.2) is 11.5 Å². The van der Waals surface area contributed by atoms with Gasteiger partial charge in [-0.2, -0.15) is 5.26 Å². The highest BCUT2D eigenvalue weighted by Crippen LogP contribution is 2.34. The van der Waals surface area contributed by atoms with Gasteiger partial charge in [0.1, 0.15) is 11.6 Å². The van der Waals surface area contributed by atoms with E-state index in [0.29, 0.717) is 27.8 Å². The molecule has 142 valence electrons. The quantitative estimate of drug-likeness (QED) is 0.342. The lowest BCUT2D eigenvalue weighted by Crippen LogP contribution is -2.13. The molecule has 1 fully saturated rings. The third-order valence-corrected chi connectivity index (χ3v) is 4.34. The molecule has 6 nitrogen and oxygen atoms in total. The van der Waals surface area contributed by atoms with Crippen molar-refractivity contribution in [2.24, 2.45) is 5.92 Å². The number of anilines is 1. The van der Waals surface area contributed by atoms with Crippen LogP contribution in [-0.2, 0) is 9.59 Å². The number of carbonyl (C=O) groups is 2. The van der Waals surface area contributed by atoms with Gasteiger partial charge in [-0.05, 0) is 60.9 Å². The van der Waals surface area contributed by atoms with Gasteiger partial charge in [-0.15, -0.1) is 0 Å². The summed E-state index contributed by atoms with van der Waals surface area (Å²) in [6, 6.07) is 13.3. The predicted molar refractivity (Wildman–Crippen MR) is 105 cm³/mol. The Morgan fingerprint density at radius 2 is 1.89 bits per heavy atom. The summed E-state index contributed by atoms with van der Waals surface area (Å²) in [5, 5.41) is 12.5. The van der Waals surface area contributed by atoms with Crippen LogP contribution in [0.4, 0.5) is 5.69 Å². The van der Waals surface area contributed by atoms with Crippen LogP contribution in [0.15, 0.2) is 48.0 Å². The van der Waals surface area contributed by atoms with E-state index in [4.69, 9.17) is 21.1 Å². The fourth-order valence-electron chi connectivity index (χ4n) is 2.42. The Kier molecular flexibility index (Phi) is 5.97. The van der Waals surface area contributed by atoms with Crippen molar-refractivity contribution in [3.8, 4) is 17.6 Å². The Morgan fingerprint density at radius 3 is 2.50 bits per heavy atom. The molecule has 0 spiro atoms. The van der Waals surface area contributed by atoms with Gasteiger partial charge in [-0.25, -0.2) is 0 Å². The first kappa shape index (κ1) is 19.5. The van der Waals surface area contributed by atoms with Gasteiger partial charge in [0.25, 0.3) is 5.91 Å². The molecular weight excluding hydrogens is 380 g/mol. The molecular formula is C21H17ClN2O4. The molecule has 0 radical (unpaired) electrons. The second-order valence-electron chi connectivity index (χ2n) is 6.24. The molecule has 1 aliphatic carbocycles. The van der Waals surface area contributed by atoms with Crippen LogP contribution in [-0.4, -0.2) is 19.0 Å². The van der Waals surface area contributed by atoms with Gasteiger partial charge in [0.05, 0.1) is 13.0 Å². The molecule has 0 bridgehead atoms. The molecule has 0 unspecified atom stereocenters. The van der Waals surface area contributed by atoms with E-state index in [9.17, 15) is 14.9 Å². The Bertz CT molecular complexity index is 973. The molecule has 3 rings (SSSR count). The monoisotopic (exact) mass is 396 g/mol. The van der Waals surface area contributed by atoms with E-state index in [1.54, 1.807) is 42.5 Å². The zero-order valence-electron chi connectivity index (χ0n) is 15.1. The number of benzene rings is 2. The lowest BCUT2D eigenvalue weighted by Gasteiger charge is -2.10. The van der Waals surface area contributed by atoms with E-state index in [-0.39, 0.29) is 17.5 Å². The van der Waals surface area contributed by atoms with Gasteiger partial charge in [-0.1, -0.05) is 17.7 Å². The van der Waals surface area contributed by atoms with Crippen LogP contribution >= 0.6 is 11.6 Å². The summed E-state index contributed by atoms with van der Waals surface area (Å²) >= 11 is 5.82. The molecule has 1 amide bonds. The van der Waals surface area contributed by atoms with Gasteiger partial charge >= 0.3 is 5.97 Å². The molecule has 1 saturated carbocycles. The van der Waals surface area contributed by atoms with Crippen molar-refractivity contribution < 1.29 is 19.1 Å². The number of hydrogen-bond donors (Lipinski definition) is 1. The lowest BCUT2D eigenvalue weighted by molar-refractivity contribution is -0.135. The third-order valence-electron chi connectivity index (χ3n) is 4.09. The average molecular weight is 397 g/mol. The molecule has 0 heterocycles. The fraction of sp³-hybridized carbons (Fsp3) is 0.190. The molecule has 7 heteroatoms. The highest BCUT2D eigenvalue weighted by atomic mass is 35.5. The summed E-state index contributed by atoms with van der Waals surface area (Å²) in [4.78, 5) is 24.2. The summed E-state index contributed by atoms with van der Waals surface area (Å²) in [6.07, 6.45) is 3.12. The van der Waals surface area contributed by atoms with Gasteiger partial charge in [0, 0.05) is 10.7 Å². The van der Waals surface area contributed by atoms with Crippen LogP contribution < -0.4 is 14.8 Å². The van der Waals surface area contributed by atoms with Crippen LogP contribution in [0.25, 0.3) is 6.08 Å². The number of amides is 1. The number of nitrogens with zero attached hydrogens (tertiary/aromatic N) is 1. The summed E-state index contributed by atoms with van der Waals surface area (Å²) in [5.41, 5.74) is 1.00. The second kappa shape index (κ2) is 8.59. The van der Waals surface area contributed by atoms with Crippen LogP contribution in [0.3, 0.4) is 0 Å². The van der Waals surface area contributed by atoms with Gasteiger partial charge in [0.2, 0.25) is 0 Å². The molecule has 1 aliphatic rings. The first-order chi connectivity index (χ1) is 13.5. The first-order valence-corrected chi connectivity index (χ1v) is 8.96. The number of nitriles is 1. The van der Waals surface area contributed by atoms with Crippen molar-refractivity contribution >= 4 is 35.2 Å². The minimum Gasteiger partial charge on any atom is -0.493 e. The average Bonchev–Trinajstić information content (AvgIpc) is 3.54. The number of nitrogens with one attached hydrogen (secondary N) is 1. The number of hydrogen-bond acceptors (Lipinski definition) is 5. The molecule has 0 aliphatic heterocycles. The topological polar surface area (TPSA) is 88.4 Å².